The van der Waals surface area contributed by atoms with Gasteiger partial charge in [-0.3, -0.25) is 4.79 Å². The number of carbonyl (C=O) groups excluding carboxylic acids is 1. The third-order valence-corrected chi connectivity index (χ3v) is 4.68. The van der Waals surface area contributed by atoms with Crippen molar-refractivity contribution in [1.82, 2.24) is 4.90 Å². The summed E-state index contributed by atoms with van der Waals surface area (Å²) < 4.78 is 11.0. The molecule has 1 amide bonds. The van der Waals surface area contributed by atoms with Gasteiger partial charge in [0.2, 0.25) is 0 Å². The number of nitrogens with zero attached hydrogens (tertiary/aromatic N) is 2. The minimum absolute atomic E-state index is 0.0207. The Bertz CT molecular complexity index is 794. The first-order valence-electron chi connectivity index (χ1n) is 8.73. The van der Waals surface area contributed by atoms with Gasteiger partial charge >= 0.3 is 0 Å². The Morgan fingerprint density at radius 2 is 1.81 bits per heavy atom. The van der Waals surface area contributed by atoms with Gasteiger partial charge in [0.1, 0.15) is 11.5 Å². The normalized spacial score (nSPS) is 17.4. The van der Waals surface area contributed by atoms with Crippen LogP contribution in [0.2, 0.25) is 0 Å². The van der Waals surface area contributed by atoms with Crippen molar-refractivity contribution in [3.05, 3.63) is 59.7 Å². The number of likely N-dealkylation sites (tertiary alicyclic amines) is 1. The maximum atomic E-state index is 12.9. The SMILES string of the molecule is COc1ccc([C@@H]2CCCN2C(=O)[C@H](C)Oc2ccc(C#N)cc2)cc1. The zero-order valence-corrected chi connectivity index (χ0v) is 15.0. The molecule has 0 saturated carbocycles. The van der Waals surface area contributed by atoms with E-state index < -0.39 is 6.10 Å². The molecule has 0 spiro atoms. The van der Waals surface area contributed by atoms with Crippen molar-refractivity contribution in [3.63, 3.8) is 0 Å². The molecule has 0 bridgehead atoms. The second-order valence-corrected chi connectivity index (χ2v) is 6.36. The van der Waals surface area contributed by atoms with E-state index in [-0.39, 0.29) is 11.9 Å². The number of nitriles is 1. The molecular weight excluding hydrogens is 328 g/mol. The van der Waals surface area contributed by atoms with E-state index in [2.05, 4.69) is 6.07 Å². The van der Waals surface area contributed by atoms with E-state index >= 15 is 0 Å². The number of benzene rings is 2. The summed E-state index contributed by atoms with van der Waals surface area (Å²) in [5, 5.41) is 8.85. The fourth-order valence-electron chi connectivity index (χ4n) is 3.30. The molecule has 0 aromatic heterocycles. The standard InChI is InChI=1S/C21H22N2O3/c1-15(26-19-9-5-16(14-22)6-10-19)21(24)23-13-3-4-20(23)17-7-11-18(25-2)12-8-17/h5-12,15,20H,3-4,13H2,1-2H3/t15-,20-/m0/s1. The minimum Gasteiger partial charge on any atom is -0.497 e. The van der Waals surface area contributed by atoms with Gasteiger partial charge in [-0.1, -0.05) is 12.1 Å². The van der Waals surface area contributed by atoms with Crippen molar-refractivity contribution in [1.29, 1.82) is 5.26 Å². The highest BCUT2D eigenvalue weighted by molar-refractivity contribution is 5.81. The van der Waals surface area contributed by atoms with Crippen LogP contribution >= 0.6 is 0 Å². The fraction of sp³-hybridized carbons (Fsp3) is 0.333. The molecule has 1 aliphatic heterocycles. The summed E-state index contributed by atoms with van der Waals surface area (Å²) in [6, 6.07) is 16.8. The van der Waals surface area contributed by atoms with Gasteiger partial charge in [-0.2, -0.15) is 5.26 Å². The smallest absolute Gasteiger partial charge is 0.263 e. The van der Waals surface area contributed by atoms with Crippen LogP contribution in [0.4, 0.5) is 0 Å². The molecule has 1 fully saturated rings. The van der Waals surface area contributed by atoms with Gasteiger partial charge < -0.3 is 14.4 Å². The Balaban J connectivity index is 1.69. The van der Waals surface area contributed by atoms with Crippen molar-refractivity contribution in [3.8, 4) is 17.6 Å². The maximum Gasteiger partial charge on any atom is 0.263 e. The highest BCUT2D eigenvalue weighted by Gasteiger charge is 2.33. The summed E-state index contributed by atoms with van der Waals surface area (Å²) in [4.78, 5) is 14.8. The second-order valence-electron chi connectivity index (χ2n) is 6.36. The molecule has 5 nitrogen and oxygen atoms in total. The van der Waals surface area contributed by atoms with Crippen molar-refractivity contribution in [2.45, 2.75) is 31.9 Å². The highest BCUT2D eigenvalue weighted by atomic mass is 16.5. The third-order valence-electron chi connectivity index (χ3n) is 4.68. The van der Waals surface area contributed by atoms with Crippen molar-refractivity contribution >= 4 is 5.91 Å². The van der Waals surface area contributed by atoms with E-state index in [1.54, 1.807) is 38.3 Å². The summed E-state index contributed by atoms with van der Waals surface area (Å²) in [5.41, 5.74) is 1.68. The van der Waals surface area contributed by atoms with E-state index in [4.69, 9.17) is 14.7 Å². The molecule has 1 saturated heterocycles. The van der Waals surface area contributed by atoms with Gasteiger partial charge in [0, 0.05) is 6.54 Å². The van der Waals surface area contributed by atoms with Crippen LogP contribution in [0, 0.1) is 11.3 Å². The molecule has 3 rings (SSSR count). The third kappa shape index (κ3) is 3.80. The van der Waals surface area contributed by atoms with Gasteiger partial charge in [-0.25, -0.2) is 0 Å². The zero-order chi connectivity index (χ0) is 18.5. The lowest BCUT2D eigenvalue weighted by Gasteiger charge is -2.28. The van der Waals surface area contributed by atoms with Crippen LogP contribution in [0.3, 0.4) is 0 Å². The molecule has 26 heavy (non-hydrogen) atoms. The molecule has 1 heterocycles. The van der Waals surface area contributed by atoms with E-state index in [1.807, 2.05) is 29.2 Å². The Morgan fingerprint density at radius 3 is 2.42 bits per heavy atom. The first-order valence-corrected chi connectivity index (χ1v) is 8.73. The molecule has 2 atom stereocenters. The van der Waals surface area contributed by atoms with Crippen LogP contribution in [0.5, 0.6) is 11.5 Å². The lowest BCUT2D eigenvalue weighted by Crippen LogP contribution is -2.40. The van der Waals surface area contributed by atoms with Crippen molar-refractivity contribution in [2.24, 2.45) is 0 Å². The van der Waals surface area contributed by atoms with E-state index in [1.165, 1.54) is 0 Å². The second kappa shape index (κ2) is 7.92. The van der Waals surface area contributed by atoms with Crippen LogP contribution in [-0.2, 0) is 4.79 Å². The number of methoxy groups -OCH3 is 1. The Morgan fingerprint density at radius 1 is 1.15 bits per heavy atom. The number of carbonyl (C=O) groups is 1. The van der Waals surface area contributed by atoms with Gasteiger partial charge in [-0.05, 0) is 61.7 Å². The average Bonchev–Trinajstić information content (AvgIpc) is 3.17. The predicted molar refractivity (Wildman–Crippen MR) is 97.9 cm³/mol. The Labute approximate surface area is 153 Å². The quantitative estimate of drug-likeness (QED) is 0.825. The average molecular weight is 350 g/mol. The largest absolute Gasteiger partial charge is 0.497 e. The summed E-state index contributed by atoms with van der Waals surface area (Å²) >= 11 is 0. The van der Waals surface area contributed by atoms with Gasteiger partial charge in [-0.15, -0.1) is 0 Å². The number of hydrogen-bond donors (Lipinski definition) is 0. The number of hydrogen-bond acceptors (Lipinski definition) is 4. The van der Waals surface area contributed by atoms with Crippen molar-refractivity contribution in [2.75, 3.05) is 13.7 Å². The minimum atomic E-state index is -0.582. The molecule has 2 aromatic rings. The molecule has 0 N–H and O–H groups in total. The molecular formula is C21H22N2O3. The molecule has 1 aliphatic rings. The van der Waals surface area contributed by atoms with Gasteiger partial charge in [0.15, 0.2) is 6.10 Å². The van der Waals surface area contributed by atoms with Crippen LogP contribution in [0.25, 0.3) is 0 Å². The van der Waals surface area contributed by atoms with E-state index in [0.29, 0.717) is 11.3 Å². The fourth-order valence-corrected chi connectivity index (χ4v) is 3.30. The van der Waals surface area contributed by atoms with Gasteiger partial charge in [0.25, 0.3) is 5.91 Å². The Kier molecular flexibility index (Phi) is 5.43. The first kappa shape index (κ1) is 17.8. The lowest BCUT2D eigenvalue weighted by atomic mass is 10.0. The molecule has 0 unspecified atom stereocenters. The van der Waals surface area contributed by atoms with Crippen LogP contribution in [-0.4, -0.2) is 30.6 Å². The number of rotatable bonds is 5. The number of amides is 1. The molecule has 2 aromatic carbocycles. The first-order chi connectivity index (χ1) is 12.6. The van der Waals surface area contributed by atoms with E-state index in [0.717, 1.165) is 30.7 Å². The monoisotopic (exact) mass is 350 g/mol. The topological polar surface area (TPSA) is 62.6 Å². The van der Waals surface area contributed by atoms with Crippen LogP contribution in [0.1, 0.15) is 36.9 Å². The summed E-state index contributed by atoms with van der Waals surface area (Å²) in [6.07, 6.45) is 1.34. The summed E-state index contributed by atoms with van der Waals surface area (Å²) in [5.74, 6) is 1.37. The van der Waals surface area contributed by atoms with Crippen LogP contribution < -0.4 is 9.47 Å². The molecule has 0 aliphatic carbocycles. The van der Waals surface area contributed by atoms with Crippen molar-refractivity contribution < 1.29 is 14.3 Å². The molecule has 134 valence electrons. The molecule has 0 radical (unpaired) electrons. The molecule has 5 heteroatoms. The summed E-state index contributed by atoms with van der Waals surface area (Å²) in [7, 11) is 1.64. The van der Waals surface area contributed by atoms with E-state index in [9.17, 15) is 4.79 Å². The number of ether oxygens (including phenoxy) is 2. The van der Waals surface area contributed by atoms with Crippen LogP contribution in [0.15, 0.2) is 48.5 Å². The maximum absolute atomic E-state index is 12.9. The lowest BCUT2D eigenvalue weighted by molar-refractivity contribution is -0.138. The highest BCUT2D eigenvalue weighted by Crippen LogP contribution is 2.33. The summed E-state index contributed by atoms with van der Waals surface area (Å²) in [6.45, 7) is 2.50. The zero-order valence-electron chi connectivity index (χ0n) is 15.0. The van der Waals surface area contributed by atoms with Gasteiger partial charge in [0.05, 0.1) is 24.8 Å². The predicted octanol–water partition coefficient (Wildman–Crippen LogP) is 3.70. The Hall–Kier alpha value is -3.00.